The van der Waals surface area contributed by atoms with E-state index in [-0.39, 0.29) is 25.3 Å². The molecule has 0 bridgehead atoms. The Bertz CT molecular complexity index is 976. The van der Waals surface area contributed by atoms with Crippen LogP contribution >= 0.6 is 11.8 Å². The molecule has 2 aliphatic heterocycles. The van der Waals surface area contributed by atoms with E-state index in [0.29, 0.717) is 11.4 Å². The number of hydrogen-bond acceptors (Lipinski definition) is 7. The number of urea groups is 1. The van der Waals surface area contributed by atoms with Gasteiger partial charge in [-0.1, -0.05) is 23.9 Å². The lowest BCUT2D eigenvalue weighted by Crippen LogP contribution is -2.49. The summed E-state index contributed by atoms with van der Waals surface area (Å²) in [7, 11) is 0. The largest absolute Gasteiger partial charge is 0.467 e. The summed E-state index contributed by atoms with van der Waals surface area (Å²) < 4.78 is 10.2. The van der Waals surface area contributed by atoms with E-state index in [4.69, 9.17) is 9.15 Å². The molecule has 2 N–H and O–H groups in total. The fraction of sp³-hybridized carbons (Fsp3) is 0.263. The van der Waals surface area contributed by atoms with Crippen molar-refractivity contribution in [3.8, 4) is 0 Å². The van der Waals surface area contributed by atoms with Crippen LogP contribution in [0.15, 0.2) is 52.0 Å². The molecule has 4 rings (SSSR count). The van der Waals surface area contributed by atoms with Crippen LogP contribution in [0.5, 0.6) is 0 Å². The number of benzene rings is 1. The van der Waals surface area contributed by atoms with Crippen molar-refractivity contribution in [1.29, 1.82) is 0 Å². The average molecular weight is 415 g/mol. The number of amides is 4. The monoisotopic (exact) mass is 415 g/mol. The summed E-state index contributed by atoms with van der Waals surface area (Å²) in [5.41, 5.74) is 0.665. The molecule has 2 aromatic rings. The molecule has 10 heteroatoms. The van der Waals surface area contributed by atoms with E-state index in [2.05, 4.69) is 10.6 Å². The number of fused-ring (bicyclic) bond motifs is 3. The Kier molecular flexibility index (Phi) is 5.01. The zero-order chi connectivity index (χ0) is 20.4. The Morgan fingerprint density at radius 1 is 1.21 bits per heavy atom. The molecule has 0 spiro atoms. The van der Waals surface area contributed by atoms with Crippen molar-refractivity contribution in [2.24, 2.45) is 0 Å². The topological polar surface area (TPSA) is 118 Å². The molecule has 4 amide bonds. The van der Waals surface area contributed by atoms with Gasteiger partial charge in [-0.2, -0.15) is 0 Å². The molecular weight excluding hydrogens is 398 g/mol. The first-order valence-electron chi connectivity index (χ1n) is 8.88. The molecule has 1 fully saturated rings. The fourth-order valence-electron chi connectivity index (χ4n) is 3.30. The van der Waals surface area contributed by atoms with Crippen molar-refractivity contribution in [3.05, 3.63) is 48.4 Å². The maximum atomic E-state index is 12.8. The molecule has 0 aliphatic carbocycles. The number of carbonyl (C=O) groups excluding carboxylic acids is 4. The van der Waals surface area contributed by atoms with Gasteiger partial charge in [-0.3, -0.25) is 19.8 Å². The Morgan fingerprint density at radius 2 is 2.03 bits per heavy atom. The zero-order valence-electron chi connectivity index (χ0n) is 15.2. The third-order valence-corrected chi connectivity index (χ3v) is 6.04. The number of thioether (sulfide) groups is 1. The maximum Gasteiger partial charge on any atom is 0.344 e. The number of carbonyl (C=O) groups is 4. The normalized spacial score (nSPS) is 19.4. The van der Waals surface area contributed by atoms with Crippen LogP contribution in [0.1, 0.15) is 18.6 Å². The van der Waals surface area contributed by atoms with Crippen LogP contribution in [0.2, 0.25) is 0 Å². The standard InChI is InChI=1S/C19H17N3O6S/c23-15(21-18(26)20-10-12-4-3-9-27-12)11-28-17(25)19-8-7-16(24)22(19)13-5-1-2-6-14(13)29-19/h1-6,9H,7-8,10-11H2,(H2,20,21,23,26). The highest BCUT2D eigenvalue weighted by molar-refractivity contribution is 8.02. The third kappa shape index (κ3) is 3.58. The van der Waals surface area contributed by atoms with Crippen LogP contribution in [0.3, 0.4) is 0 Å². The maximum absolute atomic E-state index is 12.8. The van der Waals surface area contributed by atoms with Gasteiger partial charge >= 0.3 is 12.0 Å². The van der Waals surface area contributed by atoms with Crippen molar-refractivity contribution < 1.29 is 28.3 Å². The van der Waals surface area contributed by atoms with Crippen LogP contribution < -0.4 is 15.5 Å². The van der Waals surface area contributed by atoms with Crippen LogP contribution in [0.25, 0.3) is 0 Å². The summed E-state index contributed by atoms with van der Waals surface area (Å²) >= 11 is 1.25. The quantitative estimate of drug-likeness (QED) is 0.715. The summed E-state index contributed by atoms with van der Waals surface area (Å²) in [4.78, 5) is 49.9. The van der Waals surface area contributed by atoms with E-state index in [9.17, 15) is 19.2 Å². The number of hydrogen-bond donors (Lipinski definition) is 2. The SMILES string of the molecule is O=C(COC(=O)C12CCC(=O)N1c1ccccc1S2)NC(=O)NCc1ccco1. The first-order chi connectivity index (χ1) is 14.0. The first kappa shape index (κ1) is 19.1. The minimum atomic E-state index is -1.21. The number of furan rings is 1. The second-order valence-electron chi connectivity index (χ2n) is 6.47. The van der Waals surface area contributed by atoms with Gasteiger partial charge in [-0.05, 0) is 24.3 Å². The van der Waals surface area contributed by atoms with E-state index in [1.165, 1.54) is 22.9 Å². The minimum absolute atomic E-state index is 0.112. The molecule has 29 heavy (non-hydrogen) atoms. The van der Waals surface area contributed by atoms with E-state index < -0.39 is 29.4 Å². The van der Waals surface area contributed by atoms with Crippen LogP contribution in [-0.2, 0) is 25.7 Å². The average Bonchev–Trinajstić information content (AvgIpc) is 3.41. The third-order valence-electron chi connectivity index (χ3n) is 4.58. The fourth-order valence-corrected chi connectivity index (χ4v) is 4.72. The van der Waals surface area contributed by atoms with E-state index >= 15 is 0 Å². The first-order valence-corrected chi connectivity index (χ1v) is 9.70. The highest BCUT2D eigenvalue weighted by Crippen LogP contribution is 2.56. The van der Waals surface area contributed by atoms with Crippen LogP contribution in [0, 0.1) is 0 Å². The molecule has 1 atom stereocenters. The molecule has 3 heterocycles. The molecule has 1 aromatic heterocycles. The lowest BCUT2D eigenvalue weighted by atomic mass is 10.2. The van der Waals surface area contributed by atoms with E-state index in [1.807, 2.05) is 12.1 Å². The summed E-state index contributed by atoms with van der Waals surface area (Å²) in [6.07, 6.45) is 1.97. The number of para-hydroxylation sites is 1. The van der Waals surface area contributed by atoms with Crippen LogP contribution in [0.4, 0.5) is 10.5 Å². The Balaban J connectivity index is 1.33. The number of imide groups is 1. The number of ether oxygens (including phenoxy) is 1. The van der Waals surface area contributed by atoms with Crippen LogP contribution in [-0.4, -0.2) is 35.3 Å². The molecule has 1 unspecified atom stereocenters. The lowest BCUT2D eigenvalue weighted by Gasteiger charge is -2.28. The Labute approximate surface area is 169 Å². The van der Waals surface area contributed by atoms with E-state index in [1.54, 1.807) is 24.3 Å². The van der Waals surface area contributed by atoms with Gasteiger partial charge in [0.05, 0.1) is 18.5 Å². The van der Waals surface area contributed by atoms with Gasteiger partial charge in [-0.15, -0.1) is 0 Å². The molecule has 2 aliphatic rings. The number of anilines is 1. The van der Waals surface area contributed by atoms with Crippen molar-refractivity contribution in [1.82, 2.24) is 10.6 Å². The second-order valence-corrected chi connectivity index (χ2v) is 7.79. The van der Waals surface area contributed by atoms with Gasteiger partial charge in [-0.25, -0.2) is 9.59 Å². The molecule has 150 valence electrons. The van der Waals surface area contributed by atoms with Gasteiger partial charge in [0.2, 0.25) is 5.91 Å². The smallest absolute Gasteiger partial charge is 0.344 e. The second kappa shape index (κ2) is 7.63. The molecule has 0 radical (unpaired) electrons. The van der Waals surface area contributed by atoms with Gasteiger partial charge in [0.25, 0.3) is 5.91 Å². The van der Waals surface area contributed by atoms with Gasteiger partial charge in [0.1, 0.15) is 5.76 Å². The van der Waals surface area contributed by atoms with Gasteiger partial charge in [0.15, 0.2) is 11.5 Å². The summed E-state index contributed by atoms with van der Waals surface area (Å²) in [5.74, 6) is -1.10. The number of nitrogens with one attached hydrogen (secondary N) is 2. The van der Waals surface area contributed by atoms with Crippen molar-refractivity contribution in [2.45, 2.75) is 29.2 Å². The molecule has 1 aromatic carbocycles. The van der Waals surface area contributed by atoms with Crippen molar-refractivity contribution in [2.75, 3.05) is 11.5 Å². The Hall–Kier alpha value is -3.27. The zero-order valence-corrected chi connectivity index (χ0v) is 16.0. The molecule has 1 saturated heterocycles. The Morgan fingerprint density at radius 3 is 2.83 bits per heavy atom. The van der Waals surface area contributed by atoms with Crippen molar-refractivity contribution in [3.63, 3.8) is 0 Å². The molecular formula is C19H17N3O6S. The van der Waals surface area contributed by atoms with Gasteiger partial charge < -0.3 is 14.5 Å². The molecule has 0 saturated carbocycles. The van der Waals surface area contributed by atoms with E-state index in [0.717, 1.165) is 4.90 Å². The summed E-state index contributed by atoms with van der Waals surface area (Å²) in [6.45, 7) is -0.519. The number of rotatable bonds is 5. The van der Waals surface area contributed by atoms with Gasteiger partial charge in [0, 0.05) is 17.7 Å². The summed E-state index contributed by atoms with van der Waals surface area (Å²) in [5, 5.41) is 4.53. The highest BCUT2D eigenvalue weighted by atomic mass is 32.2. The summed E-state index contributed by atoms with van der Waals surface area (Å²) in [6, 6.07) is 9.84. The predicted molar refractivity (Wildman–Crippen MR) is 102 cm³/mol. The number of esters is 1. The highest BCUT2D eigenvalue weighted by Gasteiger charge is 2.58. The predicted octanol–water partition coefficient (Wildman–Crippen LogP) is 1.78. The minimum Gasteiger partial charge on any atom is -0.467 e. The lowest BCUT2D eigenvalue weighted by molar-refractivity contribution is -0.150. The number of nitrogens with zero attached hydrogens (tertiary/aromatic N) is 1. The molecule has 9 nitrogen and oxygen atoms in total. The van der Waals surface area contributed by atoms with Crippen molar-refractivity contribution >= 4 is 41.3 Å².